The summed E-state index contributed by atoms with van der Waals surface area (Å²) in [5.41, 5.74) is 0. The first-order valence-electron chi connectivity index (χ1n) is 6.58. The van der Waals surface area contributed by atoms with Crippen LogP contribution in [0.25, 0.3) is 0 Å². The van der Waals surface area contributed by atoms with Gasteiger partial charge in [0.05, 0.1) is 26.4 Å². The Bertz CT molecular complexity index is 175. The first-order chi connectivity index (χ1) is 8.41. The van der Waals surface area contributed by atoms with E-state index in [1.165, 1.54) is 25.7 Å². The minimum Gasteiger partial charge on any atom is -0.379 e. The lowest BCUT2D eigenvalue weighted by Gasteiger charge is -2.05. The molecule has 0 radical (unpaired) electrons. The smallest absolute Gasteiger partial charge is 0.107 e. The second-order valence-corrected chi connectivity index (χ2v) is 3.90. The van der Waals surface area contributed by atoms with Crippen molar-refractivity contribution < 1.29 is 14.2 Å². The molecule has 0 atom stereocenters. The summed E-state index contributed by atoms with van der Waals surface area (Å²) in [5.74, 6) is 2.40. The van der Waals surface area contributed by atoms with Gasteiger partial charge in [0.1, 0.15) is 6.61 Å². The highest BCUT2D eigenvalue weighted by molar-refractivity contribution is 4.82. The van der Waals surface area contributed by atoms with Gasteiger partial charge in [0.2, 0.25) is 0 Å². The number of hydrogen-bond donors (Lipinski definition) is 0. The molecule has 0 aliphatic carbocycles. The van der Waals surface area contributed by atoms with Crippen LogP contribution in [-0.4, -0.2) is 39.6 Å². The Labute approximate surface area is 106 Å². The van der Waals surface area contributed by atoms with Gasteiger partial charge in [-0.3, -0.25) is 0 Å². The molecule has 0 amide bonds. The third kappa shape index (κ3) is 15.4. The molecule has 0 aromatic heterocycles. The van der Waals surface area contributed by atoms with E-state index in [-0.39, 0.29) is 0 Å². The van der Waals surface area contributed by atoms with E-state index in [0.717, 1.165) is 13.0 Å². The third-order valence-electron chi connectivity index (χ3n) is 2.32. The Hall–Kier alpha value is -0.560. The zero-order chi connectivity index (χ0) is 12.6. The summed E-state index contributed by atoms with van der Waals surface area (Å²) in [6.45, 7) is 5.87. The van der Waals surface area contributed by atoms with Crippen LogP contribution >= 0.6 is 0 Å². The fraction of sp³-hybridized carbons (Fsp3) is 0.857. The Kier molecular flexibility index (Phi) is 14.9. The minimum absolute atomic E-state index is 0.359. The van der Waals surface area contributed by atoms with Crippen molar-refractivity contribution in [3.63, 3.8) is 0 Å². The van der Waals surface area contributed by atoms with Crippen molar-refractivity contribution >= 4 is 0 Å². The van der Waals surface area contributed by atoms with Gasteiger partial charge < -0.3 is 14.2 Å². The minimum atomic E-state index is 0.359. The first kappa shape index (κ1) is 16.4. The average Bonchev–Trinajstić information content (AvgIpc) is 2.35. The van der Waals surface area contributed by atoms with E-state index in [1.54, 1.807) is 0 Å². The molecule has 3 heteroatoms. The molecule has 0 heterocycles. The maximum atomic E-state index is 5.44. The molecule has 0 aliphatic rings. The van der Waals surface area contributed by atoms with Gasteiger partial charge in [0.15, 0.2) is 0 Å². The van der Waals surface area contributed by atoms with Crippen LogP contribution < -0.4 is 0 Å². The van der Waals surface area contributed by atoms with Gasteiger partial charge in [-0.1, -0.05) is 38.5 Å². The van der Waals surface area contributed by atoms with E-state index < -0.39 is 0 Å². The van der Waals surface area contributed by atoms with Crippen molar-refractivity contribution in [1.82, 2.24) is 0 Å². The third-order valence-corrected chi connectivity index (χ3v) is 2.32. The summed E-state index contributed by atoms with van der Waals surface area (Å²) in [5, 5.41) is 0. The van der Waals surface area contributed by atoms with E-state index in [1.807, 2.05) is 0 Å². The summed E-state index contributed by atoms with van der Waals surface area (Å²) >= 11 is 0. The molecule has 0 saturated heterocycles. The second-order valence-electron chi connectivity index (χ2n) is 3.90. The van der Waals surface area contributed by atoms with Crippen LogP contribution in [0.15, 0.2) is 0 Å². The van der Waals surface area contributed by atoms with Crippen molar-refractivity contribution in [3.8, 4) is 12.3 Å². The lowest BCUT2D eigenvalue weighted by molar-refractivity contribution is 0.0195. The molecule has 0 aromatic rings. The van der Waals surface area contributed by atoms with E-state index in [4.69, 9.17) is 20.6 Å². The van der Waals surface area contributed by atoms with Gasteiger partial charge in [-0.15, -0.1) is 6.42 Å². The lowest BCUT2D eigenvalue weighted by atomic mass is 10.2. The van der Waals surface area contributed by atoms with Crippen LogP contribution in [0.1, 0.15) is 39.0 Å². The fourth-order valence-corrected chi connectivity index (χ4v) is 1.38. The standard InChI is InChI=1S/C14H26O3/c1-3-5-6-7-8-10-16-12-14-17-13-11-15-9-4-2/h2H,3,5-14H2,1H3. The highest BCUT2D eigenvalue weighted by atomic mass is 16.5. The Morgan fingerprint density at radius 3 is 2.00 bits per heavy atom. The molecule has 0 saturated carbocycles. The van der Waals surface area contributed by atoms with Crippen LogP contribution in [-0.2, 0) is 14.2 Å². The molecule has 0 aliphatic heterocycles. The van der Waals surface area contributed by atoms with Crippen LogP contribution in [0.3, 0.4) is 0 Å². The molecule has 0 aromatic carbocycles. The predicted molar refractivity (Wildman–Crippen MR) is 70.0 cm³/mol. The van der Waals surface area contributed by atoms with Crippen LogP contribution in [0.2, 0.25) is 0 Å². The Balaban J connectivity index is 2.87. The number of hydrogen-bond acceptors (Lipinski definition) is 3. The van der Waals surface area contributed by atoms with Crippen LogP contribution in [0.5, 0.6) is 0 Å². The van der Waals surface area contributed by atoms with Gasteiger partial charge in [0.25, 0.3) is 0 Å². The molecular weight excluding hydrogens is 216 g/mol. The number of unbranched alkanes of at least 4 members (excludes halogenated alkanes) is 4. The lowest BCUT2D eigenvalue weighted by Crippen LogP contribution is -2.09. The van der Waals surface area contributed by atoms with Gasteiger partial charge in [-0.25, -0.2) is 0 Å². The first-order valence-corrected chi connectivity index (χ1v) is 6.58. The number of terminal acetylenes is 1. The zero-order valence-corrected chi connectivity index (χ0v) is 11.1. The molecule has 0 unspecified atom stereocenters. The fourth-order valence-electron chi connectivity index (χ4n) is 1.38. The molecule has 0 bridgehead atoms. The summed E-state index contributed by atoms with van der Waals surface area (Å²) in [6.07, 6.45) is 11.4. The maximum absolute atomic E-state index is 5.44. The van der Waals surface area contributed by atoms with Gasteiger partial charge in [0, 0.05) is 6.61 Å². The average molecular weight is 242 g/mol. The number of ether oxygens (including phenoxy) is 3. The monoisotopic (exact) mass is 242 g/mol. The van der Waals surface area contributed by atoms with E-state index in [0.29, 0.717) is 33.0 Å². The number of rotatable bonds is 13. The second kappa shape index (κ2) is 15.4. The molecule has 100 valence electrons. The molecule has 0 spiro atoms. The molecule has 0 N–H and O–H groups in total. The summed E-state index contributed by atoms with van der Waals surface area (Å²) in [6, 6.07) is 0. The van der Waals surface area contributed by atoms with Crippen molar-refractivity contribution in [2.24, 2.45) is 0 Å². The van der Waals surface area contributed by atoms with E-state index in [2.05, 4.69) is 12.8 Å². The summed E-state index contributed by atoms with van der Waals surface area (Å²) < 4.78 is 15.8. The summed E-state index contributed by atoms with van der Waals surface area (Å²) in [7, 11) is 0. The van der Waals surface area contributed by atoms with Gasteiger partial charge in [-0.2, -0.15) is 0 Å². The van der Waals surface area contributed by atoms with Crippen molar-refractivity contribution in [2.45, 2.75) is 39.0 Å². The van der Waals surface area contributed by atoms with Crippen molar-refractivity contribution in [3.05, 3.63) is 0 Å². The molecule has 0 fully saturated rings. The van der Waals surface area contributed by atoms with Crippen LogP contribution in [0.4, 0.5) is 0 Å². The van der Waals surface area contributed by atoms with E-state index in [9.17, 15) is 0 Å². The Morgan fingerprint density at radius 1 is 0.765 bits per heavy atom. The van der Waals surface area contributed by atoms with Crippen LogP contribution in [0, 0.1) is 12.3 Å². The summed E-state index contributed by atoms with van der Waals surface area (Å²) in [4.78, 5) is 0. The highest BCUT2D eigenvalue weighted by Crippen LogP contribution is 2.02. The normalized spacial score (nSPS) is 10.4. The molecule has 0 rings (SSSR count). The quantitative estimate of drug-likeness (QED) is 0.367. The van der Waals surface area contributed by atoms with Crippen molar-refractivity contribution in [1.29, 1.82) is 0 Å². The molecule has 3 nitrogen and oxygen atoms in total. The SMILES string of the molecule is C#CCOCCOCCOCCCCCCC. The Morgan fingerprint density at radius 2 is 1.35 bits per heavy atom. The zero-order valence-electron chi connectivity index (χ0n) is 11.1. The largest absolute Gasteiger partial charge is 0.379 e. The van der Waals surface area contributed by atoms with E-state index >= 15 is 0 Å². The topological polar surface area (TPSA) is 27.7 Å². The van der Waals surface area contributed by atoms with Gasteiger partial charge in [-0.05, 0) is 6.42 Å². The molecule has 17 heavy (non-hydrogen) atoms. The maximum Gasteiger partial charge on any atom is 0.107 e. The van der Waals surface area contributed by atoms with Crippen molar-refractivity contribution in [2.75, 3.05) is 39.6 Å². The van der Waals surface area contributed by atoms with Gasteiger partial charge >= 0.3 is 0 Å². The predicted octanol–water partition coefficient (Wildman–Crippen LogP) is 2.64. The highest BCUT2D eigenvalue weighted by Gasteiger charge is 1.92. The molecular formula is C14H26O3.